The van der Waals surface area contributed by atoms with E-state index < -0.39 is 0 Å². The maximum atomic E-state index is 5.26. The van der Waals surface area contributed by atoms with Crippen LogP contribution in [-0.4, -0.2) is 33.1 Å². The Kier molecular flexibility index (Phi) is 5.34. The van der Waals surface area contributed by atoms with Crippen molar-refractivity contribution in [3.8, 4) is 16.5 Å². The van der Waals surface area contributed by atoms with Crippen molar-refractivity contribution in [2.45, 2.75) is 26.1 Å². The molecule has 5 nitrogen and oxygen atoms in total. The zero-order chi connectivity index (χ0) is 20.3. The lowest BCUT2D eigenvalue weighted by atomic mass is 10.1. The van der Waals surface area contributed by atoms with Crippen LogP contribution in [0.2, 0.25) is 0 Å². The number of aromatic nitrogens is 3. The highest BCUT2D eigenvalue weighted by Crippen LogP contribution is 2.25. The summed E-state index contributed by atoms with van der Waals surface area (Å²) in [5.74, 6) is 1.74. The van der Waals surface area contributed by atoms with Crippen molar-refractivity contribution < 1.29 is 4.74 Å². The largest absolute Gasteiger partial charge is 0.497 e. The number of thiophene rings is 1. The smallest absolute Gasteiger partial charge is 0.169 e. The third kappa shape index (κ3) is 4.01. The van der Waals surface area contributed by atoms with Gasteiger partial charge in [-0.1, -0.05) is 18.2 Å². The second-order valence-corrected chi connectivity index (χ2v) is 8.53. The molecule has 0 saturated carbocycles. The van der Waals surface area contributed by atoms with Gasteiger partial charge in [0.2, 0.25) is 0 Å². The van der Waals surface area contributed by atoms with Gasteiger partial charge in [0.25, 0.3) is 0 Å². The summed E-state index contributed by atoms with van der Waals surface area (Å²) in [6.07, 6.45) is 5.14. The molecule has 4 heterocycles. The Morgan fingerprint density at radius 3 is 2.77 bits per heavy atom. The molecule has 6 heteroatoms. The van der Waals surface area contributed by atoms with Gasteiger partial charge in [-0.15, -0.1) is 11.3 Å². The van der Waals surface area contributed by atoms with Gasteiger partial charge in [-0.2, -0.15) is 0 Å². The summed E-state index contributed by atoms with van der Waals surface area (Å²) in [5.41, 5.74) is 5.03. The van der Waals surface area contributed by atoms with E-state index in [-0.39, 0.29) is 0 Å². The van der Waals surface area contributed by atoms with E-state index in [2.05, 4.69) is 56.4 Å². The van der Waals surface area contributed by atoms with Gasteiger partial charge in [-0.05, 0) is 41.3 Å². The molecule has 0 aliphatic carbocycles. The molecule has 0 radical (unpaired) electrons. The predicted molar refractivity (Wildman–Crippen MR) is 120 cm³/mol. The molecular formula is C24H24N4OS. The van der Waals surface area contributed by atoms with E-state index in [9.17, 15) is 0 Å². The molecule has 0 saturated heterocycles. The van der Waals surface area contributed by atoms with Crippen molar-refractivity contribution in [2.75, 3.05) is 13.7 Å². The summed E-state index contributed by atoms with van der Waals surface area (Å²) in [7, 11) is 1.70. The maximum Gasteiger partial charge on any atom is 0.169 e. The number of fused-ring (bicyclic) bond motifs is 1. The first-order valence-corrected chi connectivity index (χ1v) is 11.0. The number of hydrogen-bond acceptors (Lipinski definition) is 5. The number of rotatable bonds is 6. The number of hydrogen-bond donors (Lipinski definition) is 0. The fraction of sp³-hybridized carbons (Fsp3) is 0.250. The lowest BCUT2D eigenvalue weighted by molar-refractivity contribution is 0.237. The van der Waals surface area contributed by atoms with E-state index >= 15 is 0 Å². The minimum atomic E-state index is 0.852. The van der Waals surface area contributed by atoms with Crippen LogP contribution in [0.25, 0.3) is 10.7 Å². The third-order valence-corrected chi connectivity index (χ3v) is 6.44. The minimum absolute atomic E-state index is 0.852. The Balaban J connectivity index is 1.27. The summed E-state index contributed by atoms with van der Waals surface area (Å²) >= 11 is 1.69. The van der Waals surface area contributed by atoms with E-state index in [0.717, 1.165) is 49.1 Å². The van der Waals surface area contributed by atoms with Gasteiger partial charge in [0.1, 0.15) is 5.75 Å². The van der Waals surface area contributed by atoms with Gasteiger partial charge in [-0.3, -0.25) is 4.90 Å². The Morgan fingerprint density at radius 2 is 1.97 bits per heavy atom. The molecule has 3 aromatic heterocycles. The summed E-state index contributed by atoms with van der Waals surface area (Å²) < 4.78 is 7.59. The number of nitrogens with zero attached hydrogens (tertiary/aromatic N) is 4. The van der Waals surface area contributed by atoms with E-state index in [0.29, 0.717) is 0 Å². The van der Waals surface area contributed by atoms with Crippen LogP contribution >= 0.6 is 11.3 Å². The molecule has 0 fully saturated rings. The highest BCUT2D eigenvalue weighted by molar-refractivity contribution is 7.13. The van der Waals surface area contributed by atoms with E-state index in [1.54, 1.807) is 18.4 Å². The van der Waals surface area contributed by atoms with Gasteiger partial charge < -0.3 is 9.30 Å². The molecule has 0 spiro atoms. The normalized spacial score (nSPS) is 13.9. The zero-order valence-electron chi connectivity index (χ0n) is 17.0. The summed E-state index contributed by atoms with van der Waals surface area (Å²) in [5, 5.41) is 2.07. The number of benzene rings is 1. The first kappa shape index (κ1) is 19.0. The quantitative estimate of drug-likeness (QED) is 0.460. The molecule has 0 N–H and O–H groups in total. The Hall–Kier alpha value is -2.96. The van der Waals surface area contributed by atoms with Gasteiger partial charge in [0.15, 0.2) is 5.82 Å². The van der Waals surface area contributed by atoms with Gasteiger partial charge in [0, 0.05) is 56.3 Å². The Bertz CT molecular complexity index is 1120. The molecule has 5 rings (SSSR count). The van der Waals surface area contributed by atoms with Crippen molar-refractivity contribution in [3.63, 3.8) is 0 Å². The van der Waals surface area contributed by atoms with Crippen molar-refractivity contribution in [1.82, 2.24) is 19.4 Å². The Morgan fingerprint density at radius 1 is 1.07 bits per heavy atom. The lowest BCUT2D eigenvalue weighted by Gasteiger charge is -2.28. The highest BCUT2D eigenvalue weighted by Gasteiger charge is 2.20. The molecule has 0 bridgehead atoms. The molecular weight excluding hydrogens is 392 g/mol. The fourth-order valence-corrected chi connectivity index (χ4v) is 4.60. The highest BCUT2D eigenvalue weighted by atomic mass is 32.1. The fourth-order valence-electron chi connectivity index (χ4n) is 3.94. The second kappa shape index (κ2) is 8.42. The molecule has 0 unspecified atom stereocenters. The van der Waals surface area contributed by atoms with Crippen LogP contribution in [0.5, 0.6) is 5.75 Å². The molecule has 4 aromatic rings. The van der Waals surface area contributed by atoms with Crippen molar-refractivity contribution in [3.05, 3.63) is 88.8 Å². The van der Waals surface area contributed by atoms with Crippen LogP contribution < -0.4 is 4.74 Å². The molecule has 1 aromatic carbocycles. The van der Waals surface area contributed by atoms with Crippen molar-refractivity contribution in [2.24, 2.45) is 0 Å². The Labute approximate surface area is 180 Å². The lowest BCUT2D eigenvalue weighted by Crippen LogP contribution is -2.31. The van der Waals surface area contributed by atoms with Crippen LogP contribution in [0.3, 0.4) is 0 Å². The van der Waals surface area contributed by atoms with E-state index in [1.807, 2.05) is 24.4 Å². The molecule has 30 heavy (non-hydrogen) atoms. The van der Waals surface area contributed by atoms with Gasteiger partial charge in [-0.25, -0.2) is 9.97 Å². The molecule has 0 amide bonds. The van der Waals surface area contributed by atoms with E-state index in [4.69, 9.17) is 9.72 Å². The first-order chi connectivity index (χ1) is 14.8. The molecule has 152 valence electrons. The van der Waals surface area contributed by atoms with E-state index in [1.165, 1.54) is 22.5 Å². The standard InChI is InChI=1S/C24H24N4OS/c1-29-21-8-6-18(7-9-21)15-28-11-2-4-20(28)17-27-12-10-22-19(16-27)14-25-24(26-22)23-5-3-13-30-23/h2-9,11,13-14H,10,12,15-17H2,1H3. The van der Waals surface area contributed by atoms with Crippen LogP contribution in [0.1, 0.15) is 22.5 Å². The number of methoxy groups -OCH3 is 1. The van der Waals surface area contributed by atoms with Crippen LogP contribution in [-0.2, 0) is 26.1 Å². The molecule has 0 atom stereocenters. The summed E-state index contributed by atoms with van der Waals surface area (Å²) in [6.45, 7) is 3.70. The number of ether oxygens (including phenoxy) is 1. The molecule has 1 aliphatic rings. The predicted octanol–water partition coefficient (Wildman–Crippen LogP) is 4.62. The van der Waals surface area contributed by atoms with Crippen LogP contribution in [0.4, 0.5) is 0 Å². The minimum Gasteiger partial charge on any atom is -0.497 e. The van der Waals surface area contributed by atoms with Gasteiger partial charge in [0.05, 0.1) is 17.7 Å². The SMILES string of the molecule is COc1ccc(Cn2cccc2CN2CCc3nc(-c4cccs4)ncc3C2)cc1. The summed E-state index contributed by atoms with van der Waals surface area (Å²) in [4.78, 5) is 13.1. The van der Waals surface area contributed by atoms with Crippen molar-refractivity contribution >= 4 is 11.3 Å². The third-order valence-electron chi connectivity index (χ3n) is 5.58. The molecule has 1 aliphatic heterocycles. The maximum absolute atomic E-state index is 5.26. The van der Waals surface area contributed by atoms with Crippen LogP contribution in [0.15, 0.2) is 66.3 Å². The summed E-state index contributed by atoms with van der Waals surface area (Å²) in [6, 6.07) is 16.8. The van der Waals surface area contributed by atoms with Crippen molar-refractivity contribution in [1.29, 1.82) is 0 Å². The zero-order valence-corrected chi connectivity index (χ0v) is 17.8. The second-order valence-electron chi connectivity index (χ2n) is 7.58. The average Bonchev–Trinajstić information content (AvgIpc) is 3.47. The average molecular weight is 417 g/mol. The van der Waals surface area contributed by atoms with Crippen LogP contribution in [0, 0.1) is 0 Å². The monoisotopic (exact) mass is 416 g/mol. The van der Waals surface area contributed by atoms with Gasteiger partial charge >= 0.3 is 0 Å². The first-order valence-electron chi connectivity index (χ1n) is 10.2. The topological polar surface area (TPSA) is 43.2 Å².